The molecule has 0 bridgehead atoms. The molecule has 1 heterocycles. The van der Waals surface area contributed by atoms with Crippen molar-refractivity contribution in [2.45, 2.75) is 13.0 Å². The lowest BCUT2D eigenvalue weighted by Crippen LogP contribution is -2.16. The molecule has 0 unspecified atom stereocenters. The summed E-state index contributed by atoms with van der Waals surface area (Å²) in [5.41, 5.74) is 1.92. The molecule has 0 atom stereocenters. The van der Waals surface area contributed by atoms with Crippen molar-refractivity contribution in [1.29, 1.82) is 0 Å². The Kier molecular flexibility index (Phi) is 4.23. The van der Waals surface area contributed by atoms with Crippen LogP contribution < -0.4 is 5.32 Å². The fourth-order valence-corrected chi connectivity index (χ4v) is 2.28. The Labute approximate surface area is 103 Å². The number of benzene rings is 1. The van der Waals surface area contributed by atoms with Crippen LogP contribution in [0.25, 0.3) is 0 Å². The van der Waals surface area contributed by atoms with E-state index in [1.54, 1.807) is 11.3 Å². The van der Waals surface area contributed by atoms with E-state index in [0.717, 1.165) is 12.6 Å². The van der Waals surface area contributed by atoms with Crippen molar-refractivity contribution in [2.24, 2.45) is 0 Å². The highest BCUT2D eigenvalue weighted by atomic mass is 32.1. The van der Waals surface area contributed by atoms with Crippen molar-refractivity contribution in [3.05, 3.63) is 57.8 Å². The van der Waals surface area contributed by atoms with Crippen molar-refractivity contribution < 1.29 is 8.78 Å². The Bertz CT molecular complexity index is 448. The zero-order valence-electron chi connectivity index (χ0n) is 9.25. The molecule has 0 radical (unpaired) electrons. The molecule has 2 aromatic rings. The van der Waals surface area contributed by atoms with Gasteiger partial charge in [-0.15, -0.1) is 0 Å². The number of rotatable bonds is 5. The van der Waals surface area contributed by atoms with Crippen molar-refractivity contribution in [2.75, 3.05) is 6.54 Å². The predicted molar refractivity (Wildman–Crippen MR) is 66.1 cm³/mol. The third kappa shape index (κ3) is 3.91. The Morgan fingerprint density at radius 3 is 2.47 bits per heavy atom. The second kappa shape index (κ2) is 5.89. The van der Waals surface area contributed by atoms with Crippen LogP contribution in [0.15, 0.2) is 35.0 Å². The third-order valence-electron chi connectivity index (χ3n) is 2.42. The highest BCUT2D eigenvalue weighted by Crippen LogP contribution is 2.08. The topological polar surface area (TPSA) is 12.0 Å². The van der Waals surface area contributed by atoms with Gasteiger partial charge >= 0.3 is 0 Å². The maximum atomic E-state index is 12.9. The maximum absolute atomic E-state index is 12.9. The van der Waals surface area contributed by atoms with Crippen LogP contribution >= 0.6 is 11.3 Å². The highest BCUT2D eigenvalue weighted by molar-refractivity contribution is 7.07. The minimum absolute atomic E-state index is 0.516. The average molecular weight is 253 g/mol. The zero-order chi connectivity index (χ0) is 12.1. The van der Waals surface area contributed by atoms with Gasteiger partial charge in [0.2, 0.25) is 0 Å². The zero-order valence-corrected chi connectivity index (χ0v) is 10.1. The van der Waals surface area contributed by atoms with Gasteiger partial charge in [0.15, 0.2) is 0 Å². The SMILES string of the molecule is Fc1cc(F)cc(CCNCc2ccsc2)c1. The maximum Gasteiger partial charge on any atom is 0.126 e. The summed E-state index contributed by atoms with van der Waals surface area (Å²) in [5.74, 6) is -1.03. The molecule has 90 valence electrons. The van der Waals surface area contributed by atoms with Crippen LogP contribution in [0, 0.1) is 11.6 Å². The summed E-state index contributed by atoms with van der Waals surface area (Å²) in [6.45, 7) is 1.50. The van der Waals surface area contributed by atoms with Crippen LogP contribution in [-0.4, -0.2) is 6.54 Å². The van der Waals surface area contributed by atoms with Gasteiger partial charge in [-0.2, -0.15) is 11.3 Å². The lowest BCUT2D eigenvalue weighted by molar-refractivity contribution is 0.577. The molecule has 1 N–H and O–H groups in total. The van der Waals surface area contributed by atoms with Gasteiger partial charge < -0.3 is 5.32 Å². The summed E-state index contributed by atoms with van der Waals surface area (Å²) < 4.78 is 25.8. The van der Waals surface area contributed by atoms with Gasteiger partial charge in [0.25, 0.3) is 0 Å². The Morgan fingerprint density at radius 1 is 1.06 bits per heavy atom. The first kappa shape index (κ1) is 12.2. The van der Waals surface area contributed by atoms with Gasteiger partial charge in [-0.25, -0.2) is 8.78 Å². The molecule has 1 aromatic heterocycles. The Morgan fingerprint density at radius 2 is 1.82 bits per heavy atom. The van der Waals surface area contributed by atoms with Crippen LogP contribution in [0.4, 0.5) is 8.78 Å². The average Bonchev–Trinajstić information content (AvgIpc) is 2.76. The van der Waals surface area contributed by atoms with E-state index in [0.29, 0.717) is 18.5 Å². The smallest absolute Gasteiger partial charge is 0.126 e. The second-order valence-electron chi connectivity index (χ2n) is 3.84. The van der Waals surface area contributed by atoms with Crippen LogP contribution in [0.3, 0.4) is 0 Å². The standard InChI is InChI=1S/C13H13F2NS/c14-12-5-10(6-13(15)7-12)1-3-16-8-11-2-4-17-9-11/h2,4-7,9,16H,1,3,8H2. The number of thiophene rings is 1. The fourth-order valence-electron chi connectivity index (χ4n) is 1.61. The Balaban J connectivity index is 1.78. The third-order valence-corrected chi connectivity index (χ3v) is 3.15. The minimum atomic E-state index is -0.516. The molecule has 0 amide bonds. The van der Waals surface area contributed by atoms with Gasteiger partial charge in [0.05, 0.1) is 0 Å². The van der Waals surface area contributed by atoms with Crippen molar-refractivity contribution in [1.82, 2.24) is 5.32 Å². The number of hydrogen-bond donors (Lipinski definition) is 1. The molecule has 2 rings (SSSR count). The normalized spacial score (nSPS) is 10.7. The second-order valence-corrected chi connectivity index (χ2v) is 4.62. The monoisotopic (exact) mass is 253 g/mol. The Hall–Kier alpha value is -1.26. The van der Waals surface area contributed by atoms with Crippen molar-refractivity contribution >= 4 is 11.3 Å². The van der Waals surface area contributed by atoms with Crippen LogP contribution in [0.1, 0.15) is 11.1 Å². The van der Waals surface area contributed by atoms with Gasteiger partial charge in [-0.1, -0.05) is 0 Å². The molecule has 0 saturated heterocycles. The van der Waals surface area contributed by atoms with Crippen molar-refractivity contribution in [3.63, 3.8) is 0 Å². The molecule has 0 spiro atoms. The summed E-state index contributed by atoms with van der Waals surface area (Å²) in [4.78, 5) is 0. The van der Waals surface area contributed by atoms with Gasteiger partial charge in [-0.3, -0.25) is 0 Å². The van der Waals surface area contributed by atoms with E-state index in [9.17, 15) is 8.78 Å². The number of halogens is 2. The van der Waals surface area contributed by atoms with E-state index in [1.165, 1.54) is 17.7 Å². The lowest BCUT2D eigenvalue weighted by atomic mass is 10.1. The quantitative estimate of drug-likeness (QED) is 0.806. The largest absolute Gasteiger partial charge is 0.312 e. The van der Waals surface area contributed by atoms with Gasteiger partial charge in [-0.05, 0) is 53.1 Å². The van der Waals surface area contributed by atoms with Crippen molar-refractivity contribution in [3.8, 4) is 0 Å². The fraction of sp³-hybridized carbons (Fsp3) is 0.231. The molecular weight excluding hydrogens is 240 g/mol. The number of hydrogen-bond acceptors (Lipinski definition) is 2. The molecule has 0 fully saturated rings. The first-order valence-corrected chi connectivity index (χ1v) is 6.35. The van der Waals surface area contributed by atoms with E-state index >= 15 is 0 Å². The summed E-state index contributed by atoms with van der Waals surface area (Å²) >= 11 is 1.66. The summed E-state index contributed by atoms with van der Waals surface area (Å²) in [7, 11) is 0. The van der Waals surface area contributed by atoms with Crippen LogP contribution in [0.2, 0.25) is 0 Å². The van der Waals surface area contributed by atoms with E-state index in [2.05, 4.69) is 16.8 Å². The van der Waals surface area contributed by atoms with E-state index in [4.69, 9.17) is 0 Å². The molecule has 17 heavy (non-hydrogen) atoms. The first-order valence-electron chi connectivity index (χ1n) is 5.41. The molecule has 0 saturated carbocycles. The predicted octanol–water partition coefficient (Wildman–Crippen LogP) is 3.36. The van der Waals surface area contributed by atoms with E-state index in [1.807, 2.05) is 5.38 Å². The molecule has 0 aliphatic rings. The highest BCUT2D eigenvalue weighted by Gasteiger charge is 2.00. The summed E-state index contributed by atoms with van der Waals surface area (Å²) in [6, 6.07) is 5.69. The van der Waals surface area contributed by atoms with Crippen LogP contribution in [0.5, 0.6) is 0 Å². The first-order chi connectivity index (χ1) is 8.24. The lowest BCUT2D eigenvalue weighted by Gasteiger charge is -2.04. The summed E-state index contributed by atoms with van der Waals surface area (Å²) in [5, 5.41) is 7.34. The van der Waals surface area contributed by atoms with Crippen LogP contribution in [-0.2, 0) is 13.0 Å². The van der Waals surface area contributed by atoms with Gasteiger partial charge in [0.1, 0.15) is 11.6 Å². The molecular formula is C13H13F2NS. The molecule has 0 aliphatic carbocycles. The van der Waals surface area contributed by atoms with E-state index in [-0.39, 0.29) is 0 Å². The number of nitrogens with one attached hydrogen (secondary N) is 1. The molecule has 1 aromatic carbocycles. The van der Waals surface area contributed by atoms with E-state index < -0.39 is 11.6 Å². The molecule has 0 aliphatic heterocycles. The summed E-state index contributed by atoms with van der Waals surface area (Å²) in [6.07, 6.45) is 0.624. The minimum Gasteiger partial charge on any atom is -0.312 e. The molecule has 4 heteroatoms. The molecule has 1 nitrogen and oxygen atoms in total. The van der Waals surface area contributed by atoms with Gasteiger partial charge in [0, 0.05) is 12.6 Å².